The van der Waals surface area contributed by atoms with Crippen molar-refractivity contribution < 1.29 is 9.53 Å². The molecule has 0 aliphatic heterocycles. The Bertz CT molecular complexity index is 465. The van der Waals surface area contributed by atoms with E-state index in [1.54, 1.807) is 13.2 Å². The van der Waals surface area contributed by atoms with Gasteiger partial charge in [0, 0.05) is 16.6 Å². The summed E-state index contributed by atoms with van der Waals surface area (Å²) in [6.07, 6.45) is 3.99. The topological polar surface area (TPSA) is 64.3 Å². The molecule has 0 bridgehead atoms. The lowest BCUT2D eigenvalue weighted by Gasteiger charge is -2.27. The van der Waals surface area contributed by atoms with Crippen LogP contribution >= 0.6 is 15.9 Å². The summed E-state index contributed by atoms with van der Waals surface area (Å²) in [5, 5.41) is 2.94. The summed E-state index contributed by atoms with van der Waals surface area (Å²) in [4.78, 5) is 12.3. The number of amides is 1. The van der Waals surface area contributed by atoms with Crippen molar-refractivity contribution in [3.63, 3.8) is 0 Å². The van der Waals surface area contributed by atoms with Crippen molar-refractivity contribution in [2.75, 3.05) is 12.4 Å². The molecule has 2 atom stereocenters. The predicted molar refractivity (Wildman–Crippen MR) is 79.3 cm³/mol. The van der Waals surface area contributed by atoms with E-state index in [2.05, 4.69) is 21.2 Å². The van der Waals surface area contributed by atoms with Crippen LogP contribution in [-0.4, -0.2) is 19.1 Å². The molecule has 104 valence electrons. The second-order valence-corrected chi connectivity index (χ2v) is 5.74. The lowest BCUT2D eigenvalue weighted by Crippen LogP contribution is -2.40. The maximum atomic E-state index is 12.3. The summed E-state index contributed by atoms with van der Waals surface area (Å²) >= 11 is 3.43. The minimum Gasteiger partial charge on any atom is -0.497 e. The summed E-state index contributed by atoms with van der Waals surface area (Å²) in [5.41, 5.74) is 6.75. The van der Waals surface area contributed by atoms with E-state index in [0.717, 1.165) is 35.8 Å². The largest absolute Gasteiger partial charge is 0.497 e. The van der Waals surface area contributed by atoms with Gasteiger partial charge in [-0.3, -0.25) is 4.79 Å². The number of rotatable bonds is 3. The quantitative estimate of drug-likeness (QED) is 0.897. The first-order valence-electron chi connectivity index (χ1n) is 6.52. The fourth-order valence-electron chi connectivity index (χ4n) is 2.44. The van der Waals surface area contributed by atoms with E-state index in [-0.39, 0.29) is 17.9 Å². The Balaban J connectivity index is 2.09. The molecule has 1 aliphatic carbocycles. The Hall–Kier alpha value is -1.07. The number of hydrogen-bond acceptors (Lipinski definition) is 3. The molecular weight excluding hydrogens is 308 g/mol. The molecule has 0 radical (unpaired) electrons. The third-order valence-electron chi connectivity index (χ3n) is 3.59. The fraction of sp³-hybridized carbons (Fsp3) is 0.500. The first kappa shape index (κ1) is 14.3. The minimum absolute atomic E-state index is 0.00107. The molecule has 0 saturated heterocycles. The highest BCUT2D eigenvalue weighted by Crippen LogP contribution is 2.29. The standard InChI is InChI=1S/C14H19BrN2O2/c1-19-9-6-7-11(15)13(8-9)17-14(18)10-4-2-3-5-12(10)16/h6-8,10,12H,2-5,16H2,1H3,(H,17,18). The number of halogens is 1. The number of carbonyl (C=O) groups excluding carboxylic acids is 1. The van der Waals surface area contributed by atoms with Gasteiger partial charge in [0.05, 0.1) is 18.7 Å². The Morgan fingerprint density at radius 3 is 2.84 bits per heavy atom. The first-order valence-corrected chi connectivity index (χ1v) is 7.31. The van der Waals surface area contributed by atoms with Crippen LogP contribution in [0.1, 0.15) is 25.7 Å². The van der Waals surface area contributed by atoms with Gasteiger partial charge in [-0.2, -0.15) is 0 Å². The van der Waals surface area contributed by atoms with Gasteiger partial charge in [-0.25, -0.2) is 0 Å². The van der Waals surface area contributed by atoms with Gasteiger partial charge < -0.3 is 15.8 Å². The monoisotopic (exact) mass is 326 g/mol. The molecule has 0 heterocycles. The zero-order chi connectivity index (χ0) is 13.8. The van der Waals surface area contributed by atoms with Crippen molar-refractivity contribution in [3.8, 4) is 5.75 Å². The number of hydrogen-bond donors (Lipinski definition) is 2. The fourth-order valence-corrected chi connectivity index (χ4v) is 2.78. The van der Waals surface area contributed by atoms with Crippen LogP contribution in [0, 0.1) is 5.92 Å². The Labute approximate surface area is 121 Å². The van der Waals surface area contributed by atoms with Gasteiger partial charge in [-0.1, -0.05) is 12.8 Å². The Morgan fingerprint density at radius 2 is 2.16 bits per heavy atom. The molecule has 5 heteroatoms. The summed E-state index contributed by atoms with van der Waals surface area (Å²) in [6, 6.07) is 5.47. The third-order valence-corrected chi connectivity index (χ3v) is 4.28. The number of anilines is 1. The van der Waals surface area contributed by atoms with E-state index < -0.39 is 0 Å². The van der Waals surface area contributed by atoms with Gasteiger partial charge in [0.2, 0.25) is 5.91 Å². The van der Waals surface area contributed by atoms with Gasteiger partial charge in [-0.15, -0.1) is 0 Å². The molecule has 1 amide bonds. The van der Waals surface area contributed by atoms with Crippen LogP contribution in [0.15, 0.2) is 22.7 Å². The molecule has 0 aromatic heterocycles. The molecule has 2 rings (SSSR count). The van der Waals surface area contributed by atoms with Crippen LogP contribution in [-0.2, 0) is 4.79 Å². The van der Waals surface area contributed by atoms with Gasteiger partial charge in [0.25, 0.3) is 0 Å². The van der Waals surface area contributed by atoms with E-state index in [9.17, 15) is 4.79 Å². The molecule has 19 heavy (non-hydrogen) atoms. The highest BCUT2D eigenvalue weighted by Gasteiger charge is 2.28. The van der Waals surface area contributed by atoms with Gasteiger partial charge in [0.1, 0.15) is 5.75 Å². The van der Waals surface area contributed by atoms with Crippen LogP contribution in [0.2, 0.25) is 0 Å². The van der Waals surface area contributed by atoms with Crippen molar-refractivity contribution >= 4 is 27.5 Å². The summed E-state index contributed by atoms with van der Waals surface area (Å²) in [7, 11) is 1.60. The lowest BCUT2D eigenvalue weighted by atomic mass is 9.84. The molecule has 1 aliphatic rings. The van der Waals surface area contributed by atoms with Gasteiger partial charge in [0.15, 0.2) is 0 Å². The number of carbonyl (C=O) groups is 1. The third kappa shape index (κ3) is 3.48. The molecular formula is C14H19BrN2O2. The SMILES string of the molecule is COc1ccc(Br)c(NC(=O)C2CCCCC2N)c1. The summed E-state index contributed by atoms with van der Waals surface area (Å²) < 4.78 is 6.00. The second kappa shape index (κ2) is 6.39. The van der Waals surface area contributed by atoms with E-state index in [0.29, 0.717) is 5.75 Å². The second-order valence-electron chi connectivity index (χ2n) is 4.89. The molecule has 0 spiro atoms. The summed E-state index contributed by atoms with van der Waals surface area (Å²) in [5.74, 6) is 0.624. The summed E-state index contributed by atoms with van der Waals surface area (Å²) in [6.45, 7) is 0. The lowest BCUT2D eigenvalue weighted by molar-refractivity contribution is -0.121. The van der Waals surface area contributed by atoms with Crippen LogP contribution in [0.25, 0.3) is 0 Å². The number of benzene rings is 1. The van der Waals surface area contributed by atoms with E-state index in [1.807, 2.05) is 12.1 Å². The zero-order valence-corrected chi connectivity index (χ0v) is 12.6. The van der Waals surface area contributed by atoms with Crippen LogP contribution < -0.4 is 15.8 Å². The minimum atomic E-state index is -0.0909. The Morgan fingerprint density at radius 1 is 1.42 bits per heavy atom. The molecule has 1 aromatic rings. The van der Waals surface area contributed by atoms with Crippen LogP contribution in [0.3, 0.4) is 0 Å². The molecule has 1 aromatic carbocycles. The highest BCUT2D eigenvalue weighted by molar-refractivity contribution is 9.10. The van der Waals surface area contributed by atoms with E-state index in [4.69, 9.17) is 10.5 Å². The van der Waals surface area contributed by atoms with Crippen molar-refractivity contribution in [2.24, 2.45) is 11.7 Å². The smallest absolute Gasteiger partial charge is 0.229 e. The molecule has 1 fully saturated rings. The van der Waals surface area contributed by atoms with Crippen molar-refractivity contribution in [1.29, 1.82) is 0 Å². The highest BCUT2D eigenvalue weighted by atomic mass is 79.9. The first-order chi connectivity index (χ1) is 9.11. The Kier molecular flexibility index (Phi) is 4.82. The number of ether oxygens (including phenoxy) is 1. The molecule has 2 unspecified atom stereocenters. The molecule has 1 saturated carbocycles. The molecule has 4 nitrogen and oxygen atoms in total. The van der Waals surface area contributed by atoms with E-state index >= 15 is 0 Å². The average molecular weight is 327 g/mol. The number of nitrogens with two attached hydrogens (primary N) is 1. The van der Waals surface area contributed by atoms with Gasteiger partial charge >= 0.3 is 0 Å². The van der Waals surface area contributed by atoms with Crippen LogP contribution in [0.4, 0.5) is 5.69 Å². The van der Waals surface area contributed by atoms with Gasteiger partial charge in [-0.05, 0) is 40.9 Å². The average Bonchev–Trinajstić information content (AvgIpc) is 2.41. The van der Waals surface area contributed by atoms with Crippen LogP contribution in [0.5, 0.6) is 5.75 Å². The molecule has 3 N–H and O–H groups in total. The maximum absolute atomic E-state index is 12.3. The zero-order valence-electron chi connectivity index (χ0n) is 11.0. The number of methoxy groups -OCH3 is 1. The van der Waals surface area contributed by atoms with Crippen molar-refractivity contribution in [2.45, 2.75) is 31.7 Å². The maximum Gasteiger partial charge on any atom is 0.229 e. The van der Waals surface area contributed by atoms with E-state index in [1.165, 1.54) is 0 Å². The number of nitrogens with one attached hydrogen (secondary N) is 1. The van der Waals surface area contributed by atoms with Crippen molar-refractivity contribution in [1.82, 2.24) is 0 Å². The van der Waals surface area contributed by atoms with Crippen molar-refractivity contribution in [3.05, 3.63) is 22.7 Å². The normalized spacial score (nSPS) is 22.9. The predicted octanol–water partition coefficient (Wildman–Crippen LogP) is 2.91.